The molecule has 2 fully saturated rings. The summed E-state index contributed by atoms with van der Waals surface area (Å²) in [6.45, 7) is 2.32. The fourth-order valence-corrected chi connectivity index (χ4v) is 7.83. The summed E-state index contributed by atoms with van der Waals surface area (Å²) in [5, 5.41) is 33.7. The van der Waals surface area contributed by atoms with Gasteiger partial charge in [-0.2, -0.15) is 5.21 Å². The van der Waals surface area contributed by atoms with E-state index in [9.17, 15) is 23.6 Å². The second-order valence-corrected chi connectivity index (χ2v) is 15.3. The Hall–Kier alpha value is -5.70. The van der Waals surface area contributed by atoms with Crippen molar-refractivity contribution in [2.24, 2.45) is 11.8 Å². The van der Waals surface area contributed by atoms with Crippen molar-refractivity contribution in [2.75, 3.05) is 26.0 Å². The van der Waals surface area contributed by atoms with E-state index in [0.717, 1.165) is 54.0 Å². The van der Waals surface area contributed by atoms with Crippen LogP contribution < -0.4 is 21.3 Å². The van der Waals surface area contributed by atoms with Gasteiger partial charge in [0.15, 0.2) is 0 Å². The maximum atomic E-state index is 15.0. The number of carbonyl (C=O) groups is 4. The first-order valence-corrected chi connectivity index (χ1v) is 19.2. The minimum atomic E-state index is -1.07. The van der Waals surface area contributed by atoms with Crippen LogP contribution in [-0.4, -0.2) is 93.2 Å². The van der Waals surface area contributed by atoms with Crippen LogP contribution >= 0.6 is 0 Å². The van der Waals surface area contributed by atoms with E-state index >= 15 is 0 Å². The van der Waals surface area contributed by atoms with Crippen molar-refractivity contribution >= 4 is 29.5 Å². The molecule has 1 atom stereocenters. The first kappa shape index (κ1) is 40.0. The van der Waals surface area contributed by atoms with Gasteiger partial charge >= 0.3 is 6.09 Å². The molecule has 2 aliphatic rings. The summed E-state index contributed by atoms with van der Waals surface area (Å²) in [5.74, 6) is -1.59. The van der Waals surface area contributed by atoms with Gasteiger partial charge in [0.2, 0.25) is 17.6 Å². The third-order valence-corrected chi connectivity index (χ3v) is 11.2. The Morgan fingerprint density at radius 2 is 1.62 bits per heavy atom. The molecule has 0 bridgehead atoms. The highest BCUT2D eigenvalue weighted by Crippen LogP contribution is 2.30. The zero-order valence-electron chi connectivity index (χ0n) is 32.0. The number of carboxylic acid groups (broad SMARTS) is 1. The van der Waals surface area contributed by atoms with Gasteiger partial charge in [0, 0.05) is 42.2 Å². The van der Waals surface area contributed by atoms with E-state index in [1.165, 1.54) is 12.1 Å². The smallest absolute Gasteiger partial charge is 0.404 e. The number of amides is 4. The predicted octanol–water partition coefficient (Wildman–Crippen LogP) is 5.32. The molecule has 1 heterocycles. The van der Waals surface area contributed by atoms with Gasteiger partial charge in [-0.25, -0.2) is 9.18 Å². The van der Waals surface area contributed by atoms with Gasteiger partial charge in [0.05, 0.1) is 5.56 Å². The van der Waals surface area contributed by atoms with Crippen LogP contribution in [0.3, 0.4) is 0 Å². The molecule has 296 valence electrons. The van der Waals surface area contributed by atoms with Crippen molar-refractivity contribution < 1.29 is 28.7 Å². The number of aromatic amines is 1. The molecule has 4 amide bonds. The molecule has 0 saturated heterocycles. The largest absolute Gasteiger partial charge is 0.465 e. The number of hydrogen-bond acceptors (Lipinski definition) is 8. The Bertz CT molecular complexity index is 1990. The van der Waals surface area contributed by atoms with Gasteiger partial charge in [-0.05, 0) is 136 Å². The highest BCUT2D eigenvalue weighted by Gasteiger charge is 2.30. The van der Waals surface area contributed by atoms with Gasteiger partial charge in [-0.15, -0.1) is 10.2 Å². The Labute approximate surface area is 325 Å². The van der Waals surface area contributed by atoms with Crippen LogP contribution in [0.4, 0.5) is 14.9 Å². The monoisotopic (exact) mass is 767 g/mol. The van der Waals surface area contributed by atoms with Gasteiger partial charge in [0.25, 0.3) is 5.91 Å². The van der Waals surface area contributed by atoms with E-state index in [2.05, 4.69) is 60.9 Å². The summed E-state index contributed by atoms with van der Waals surface area (Å²) in [4.78, 5) is 53.6. The summed E-state index contributed by atoms with van der Waals surface area (Å²) >= 11 is 0. The van der Waals surface area contributed by atoms with Crippen LogP contribution in [0.1, 0.15) is 72.9 Å². The molecule has 2 saturated carbocycles. The standard InChI is InChI=1S/C41H50FN9O5/c1-24-20-29(39(53)44-30-13-16-32(17-14-30)51(2)3)12-18-33(24)27-8-4-25(5-9-27)21-36(46-38(52)28-10-6-26(7-11-28)23-43-41(55)56)40(54)45-31-15-19-34(35(42)22-31)37-47-49-50-48-37/h4-5,8-9,12,15,18-20,22,26,28,30,32,36,43H,6-7,10-11,13-14,16-17,21,23H2,1-3H3,(H,44,53)(H,45,54)(H,46,52)(H,55,56)(H,47,48,49,50)/t26?,28?,30-,32-,36-/m0/s1. The quantitative estimate of drug-likeness (QED) is 0.104. The summed E-state index contributed by atoms with van der Waals surface area (Å²) < 4.78 is 15.0. The maximum absolute atomic E-state index is 15.0. The number of anilines is 1. The second-order valence-electron chi connectivity index (χ2n) is 15.3. The summed E-state index contributed by atoms with van der Waals surface area (Å²) in [6.07, 6.45) is 5.68. The fraction of sp³-hybridized carbons (Fsp3) is 0.439. The van der Waals surface area contributed by atoms with Crippen molar-refractivity contribution in [1.82, 2.24) is 41.5 Å². The molecule has 3 aromatic carbocycles. The number of halogens is 1. The van der Waals surface area contributed by atoms with Crippen LogP contribution in [0.15, 0.2) is 60.7 Å². The van der Waals surface area contributed by atoms with E-state index < -0.39 is 23.9 Å². The Morgan fingerprint density at radius 3 is 2.25 bits per heavy atom. The van der Waals surface area contributed by atoms with Crippen LogP contribution in [0.25, 0.3) is 22.5 Å². The Balaban J connectivity index is 1.12. The first-order chi connectivity index (χ1) is 26.9. The van der Waals surface area contributed by atoms with Crippen LogP contribution in [0.2, 0.25) is 0 Å². The minimum absolute atomic E-state index is 0.0661. The highest BCUT2D eigenvalue weighted by molar-refractivity contribution is 5.98. The Kier molecular flexibility index (Phi) is 13.1. The average molecular weight is 768 g/mol. The SMILES string of the molecule is Cc1cc(C(=O)N[C@H]2CC[C@H](N(C)C)CC2)ccc1-c1ccc(C[C@H](NC(=O)C2CCC(CNC(=O)O)CC2)C(=O)Nc2ccc(-c3nn[nH]n3)c(F)c2)cc1. The Morgan fingerprint density at radius 1 is 0.911 bits per heavy atom. The molecular formula is C41H50FN9O5. The van der Waals surface area contributed by atoms with Crippen LogP contribution in [-0.2, 0) is 16.0 Å². The number of nitrogens with zero attached hydrogens (tertiary/aromatic N) is 4. The molecule has 6 rings (SSSR count). The first-order valence-electron chi connectivity index (χ1n) is 19.2. The number of benzene rings is 3. The predicted molar refractivity (Wildman–Crippen MR) is 209 cm³/mol. The molecule has 0 unspecified atom stereocenters. The molecule has 4 aromatic rings. The van der Waals surface area contributed by atoms with E-state index in [4.69, 9.17) is 5.11 Å². The molecule has 1 aromatic heterocycles. The van der Waals surface area contributed by atoms with Crippen LogP contribution in [0, 0.1) is 24.6 Å². The van der Waals surface area contributed by atoms with Crippen molar-refractivity contribution in [3.8, 4) is 22.5 Å². The number of tetrazole rings is 1. The second kappa shape index (κ2) is 18.3. The topological polar surface area (TPSA) is 194 Å². The molecule has 14 nitrogen and oxygen atoms in total. The fourth-order valence-electron chi connectivity index (χ4n) is 7.83. The maximum Gasteiger partial charge on any atom is 0.404 e. The zero-order chi connectivity index (χ0) is 39.8. The molecule has 6 N–H and O–H groups in total. The van der Waals surface area contributed by atoms with Gasteiger partial charge in [-0.3, -0.25) is 14.4 Å². The van der Waals surface area contributed by atoms with Crippen LogP contribution in [0.5, 0.6) is 0 Å². The summed E-state index contributed by atoms with van der Waals surface area (Å²) in [6, 6.07) is 17.3. The number of hydrogen-bond donors (Lipinski definition) is 6. The number of aromatic nitrogens is 4. The van der Waals surface area contributed by atoms with Crippen molar-refractivity contribution in [1.29, 1.82) is 0 Å². The average Bonchev–Trinajstić information content (AvgIpc) is 3.72. The summed E-state index contributed by atoms with van der Waals surface area (Å²) in [7, 11) is 4.21. The lowest BCUT2D eigenvalue weighted by molar-refractivity contribution is -0.130. The number of nitrogens with one attached hydrogen (secondary N) is 5. The molecule has 0 spiro atoms. The van der Waals surface area contributed by atoms with Gasteiger partial charge in [0.1, 0.15) is 11.9 Å². The van der Waals surface area contributed by atoms with Crippen molar-refractivity contribution in [3.63, 3.8) is 0 Å². The number of aryl methyl sites for hydroxylation is 1. The lowest BCUT2D eigenvalue weighted by atomic mass is 9.81. The zero-order valence-corrected chi connectivity index (χ0v) is 32.0. The third-order valence-electron chi connectivity index (χ3n) is 11.2. The molecule has 56 heavy (non-hydrogen) atoms. The van der Waals surface area contributed by atoms with E-state index in [0.29, 0.717) is 43.8 Å². The minimum Gasteiger partial charge on any atom is -0.465 e. The molecule has 0 radical (unpaired) electrons. The van der Waals surface area contributed by atoms with Gasteiger partial charge in [-0.1, -0.05) is 30.3 Å². The lowest BCUT2D eigenvalue weighted by Crippen LogP contribution is -2.48. The summed E-state index contributed by atoms with van der Waals surface area (Å²) in [5.41, 5.74) is 4.61. The molecular weight excluding hydrogens is 718 g/mol. The number of carbonyl (C=O) groups excluding carboxylic acids is 3. The molecule has 2 aliphatic carbocycles. The molecule has 0 aliphatic heterocycles. The normalized spacial score (nSPS) is 20.2. The van der Waals surface area contributed by atoms with Gasteiger partial charge < -0.3 is 31.3 Å². The van der Waals surface area contributed by atoms with E-state index in [1.54, 1.807) is 0 Å². The van der Waals surface area contributed by atoms with E-state index in [-0.39, 0.29) is 53.2 Å². The lowest BCUT2D eigenvalue weighted by Gasteiger charge is -2.33. The van der Waals surface area contributed by atoms with Crippen molar-refractivity contribution in [2.45, 2.75) is 82.8 Å². The van der Waals surface area contributed by atoms with E-state index in [1.807, 2.05) is 49.4 Å². The number of H-pyrrole nitrogens is 1. The highest BCUT2D eigenvalue weighted by atomic mass is 19.1. The third kappa shape index (κ3) is 10.3. The molecule has 15 heteroatoms. The van der Waals surface area contributed by atoms with Crippen molar-refractivity contribution in [3.05, 3.63) is 83.2 Å². The number of rotatable bonds is 13.